The van der Waals surface area contributed by atoms with E-state index >= 15 is 0 Å². The zero-order valence-electron chi connectivity index (χ0n) is 9.90. The fraction of sp³-hybridized carbons (Fsp3) is 0.500. The molecule has 0 saturated carbocycles. The first-order valence-electron chi connectivity index (χ1n) is 5.30. The lowest BCUT2D eigenvalue weighted by molar-refractivity contribution is 0.0600. The second-order valence-corrected chi connectivity index (χ2v) is 5.02. The Kier molecular flexibility index (Phi) is 5.32. The molecular formula is C12H17NO2S. The van der Waals surface area contributed by atoms with Crippen LogP contribution in [0.2, 0.25) is 0 Å². The maximum atomic E-state index is 11.3. The highest BCUT2D eigenvalue weighted by molar-refractivity contribution is 7.99. The second kappa shape index (κ2) is 6.53. The van der Waals surface area contributed by atoms with Gasteiger partial charge in [0.1, 0.15) is 0 Å². The van der Waals surface area contributed by atoms with E-state index in [1.165, 1.54) is 7.11 Å². The molecule has 0 fully saturated rings. The van der Waals surface area contributed by atoms with Crippen LogP contribution in [0, 0.1) is 5.92 Å². The third-order valence-electron chi connectivity index (χ3n) is 2.10. The van der Waals surface area contributed by atoms with Gasteiger partial charge >= 0.3 is 5.97 Å². The molecule has 1 aromatic heterocycles. The molecule has 0 amide bonds. The van der Waals surface area contributed by atoms with Crippen LogP contribution in [0.25, 0.3) is 0 Å². The van der Waals surface area contributed by atoms with Gasteiger partial charge in [0.25, 0.3) is 0 Å². The Bertz CT molecular complexity index is 353. The number of ether oxygens (including phenoxy) is 1. The highest BCUT2D eigenvalue weighted by atomic mass is 32.2. The van der Waals surface area contributed by atoms with Crippen molar-refractivity contribution in [3.05, 3.63) is 23.9 Å². The average molecular weight is 239 g/mol. The molecule has 3 nitrogen and oxygen atoms in total. The molecular weight excluding hydrogens is 222 g/mol. The SMILES string of the molecule is COC(=O)c1ccnc(SCCC(C)C)c1. The number of hydrogen-bond donors (Lipinski definition) is 0. The fourth-order valence-corrected chi connectivity index (χ4v) is 2.28. The van der Waals surface area contributed by atoms with Gasteiger partial charge in [0.05, 0.1) is 17.7 Å². The molecule has 0 saturated heterocycles. The quantitative estimate of drug-likeness (QED) is 0.585. The number of nitrogens with zero attached hydrogens (tertiary/aromatic N) is 1. The third kappa shape index (κ3) is 4.23. The van der Waals surface area contributed by atoms with E-state index in [0.717, 1.165) is 17.2 Å². The molecule has 0 atom stereocenters. The Labute approximate surface area is 101 Å². The molecule has 0 unspecified atom stereocenters. The summed E-state index contributed by atoms with van der Waals surface area (Å²) in [4.78, 5) is 15.5. The average Bonchev–Trinajstić information content (AvgIpc) is 2.28. The van der Waals surface area contributed by atoms with Crippen LogP contribution in [0.5, 0.6) is 0 Å². The van der Waals surface area contributed by atoms with Gasteiger partial charge in [-0.1, -0.05) is 13.8 Å². The summed E-state index contributed by atoms with van der Waals surface area (Å²) in [5, 5.41) is 0.878. The van der Waals surface area contributed by atoms with Crippen molar-refractivity contribution in [2.24, 2.45) is 5.92 Å². The van der Waals surface area contributed by atoms with Gasteiger partial charge in [0, 0.05) is 6.20 Å². The molecule has 0 spiro atoms. The molecule has 1 rings (SSSR count). The van der Waals surface area contributed by atoms with Crippen molar-refractivity contribution in [1.82, 2.24) is 4.98 Å². The van der Waals surface area contributed by atoms with Crippen LogP contribution in [0.4, 0.5) is 0 Å². The molecule has 16 heavy (non-hydrogen) atoms. The molecule has 1 heterocycles. The molecule has 0 aromatic carbocycles. The van der Waals surface area contributed by atoms with Gasteiger partial charge in [-0.05, 0) is 30.2 Å². The van der Waals surface area contributed by atoms with Crippen molar-refractivity contribution < 1.29 is 9.53 Å². The summed E-state index contributed by atoms with van der Waals surface area (Å²) in [5.41, 5.74) is 0.560. The lowest BCUT2D eigenvalue weighted by Gasteiger charge is -2.04. The number of carbonyl (C=O) groups excluding carboxylic acids is 1. The van der Waals surface area contributed by atoms with Crippen LogP contribution in [0.3, 0.4) is 0 Å². The van der Waals surface area contributed by atoms with Crippen molar-refractivity contribution in [1.29, 1.82) is 0 Å². The van der Waals surface area contributed by atoms with Crippen LogP contribution in [-0.4, -0.2) is 23.8 Å². The lowest BCUT2D eigenvalue weighted by Crippen LogP contribution is -2.01. The van der Waals surface area contributed by atoms with E-state index in [1.807, 2.05) is 0 Å². The topological polar surface area (TPSA) is 39.2 Å². The summed E-state index contributed by atoms with van der Waals surface area (Å²) in [6.07, 6.45) is 2.79. The normalized spacial score (nSPS) is 10.5. The highest BCUT2D eigenvalue weighted by Gasteiger charge is 2.06. The number of thioether (sulfide) groups is 1. The predicted molar refractivity (Wildman–Crippen MR) is 65.8 cm³/mol. The van der Waals surface area contributed by atoms with E-state index in [9.17, 15) is 4.79 Å². The summed E-state index contributed by atoms with van der Waals surface area (Å²) >= 11 is 1.67. The zero-order chi connectivity index (χ0) is 12.0. The van der Waals surface area contributed by atoms with Gasteiger partial charge in [-0.15, -0.1) is 11.8 Å². The van der Waals surface area contributed by atoms with Crippen LogP contribution < -0.4 is 0 Å². The number of aromatic nitrogens is 1. The summed E-state index contributed by atoms with van der Waals surface area (Å²) < 4.78 is 4.66. The summed E-state index contributed by atoms with van der Waals surface area (Å²) in [7, 11) is 1.38. The Hall–Kier alpha value is -1.03. The van der Waals surface area contributed by atoms with Crippen molar-refractivity contribution in [3.63, 3.8) is 0 Å². The van der Waals surface area contributed by atoms with E-state index < -0.39 is 0 Å². The standard InChI is InChI=1S/C12H17NO2S/c1-9(2)5-7-16-11-8-10(4-6-13-11)12(14)15-3/h4,6,8-9H,5,7H2,1-3H3. The Balaban J connectivity index is 2.57. The van der Waals surface area contributed by atoms with Crippen molar-refractivity contribution >= 4 is 17.7 Å². The summed E-state index contributed by atoms with van der Waals surface area (Å²) in [6.45, 7) is 4.39. The molecule has 0 radical (unpaired) electrons. The molecule has 1 aromatic rings. The smallest absolute Gasteiger partial charge is 0.337 e. The van der Waals surface area contributed by atoms with Crippen molar-refractivity contribution in [2.75, 3.05) is 12.9 Å². The van der Waals surface area contributed by atoms with Gasteiger partial charge in [0.15, 0.2) is 0 Å². The minimum absolute atomic E-state index is 0.312. The third-order valence-corrected chi connectivity index (χ3v) is 3.06. The summed E-state index contributed by atoms with van der Waals surface area (Å²) in [6, 6.07) is 3.44. The number of pyridine rings is 1. The fourth-order valence-electron chi connectivity index (χ4n) is 1.13. The maximum absolute atomic E-state index is 11.3. The Morgan fingerprint density at radius 2 is 2.31 bits per heavy atom. The minimum Gasteiger partial charge on any atom is -0.465 e. The molecule has 0 aliphatic heterocycles. The zero-order valence-corrected chi connectivity index (χ0v) is 10.7. The molecule has 4 heteroatoms. The van der Waals surface area contributed by atoms with Crippen LogP contribution in [0.1, 0.15) is 30.6 Å². The lowest BCUT2D eigenvalue weighted by atomic mass is 10.2. The monoisotopic (exact) mass is 239 g/mol. The van der Waals surface area contributed by atoms with Gasteiger partial charge in [-0.25, -0.2) is 9.78 Å². The summed E-state index contributed by atoms with van der Waals surface area (Å²) in [5.74, 6) is 1.40. The first-order chi connectivity index (χ1) is 7.63. The minimum atomic E-state index is -0.312. The number of hydrogen-bond acceptors (Lipinski definition) is 4. The molecule has 0 bridgehead atoms. The van der Waals surface area contributed by atoms with E-state index in [-0.39, 0.29) is 5.97 Å². The van der Waals surface area contributed by atoms with Crippen molar-refractivity contribution in [3.8, 4) is 0 Å². The first kappa shape index (κ1) is 13.0. The Morgan fingerprint density at radius 1 is 1.56 bits per heavy atom. The van der Waals surface area contributed by atoms with E-state index in [1.54, 1.807) is 30.1 Å². The van der Waals surface area contributed by atoms with Gasteiger partial charge in [-0.3, -0.25) is 0 Å². The van der Waals surface area contributed by atoms with Crippen LogP contribution in [-0.2, 0) is 4.74 Å². The number of esters is 1. The number of carbonyl (C=O) groups is 1. The van der Waals surface area contributed by atoms with E-state index in [4.69, 9.17) is 0 Å². The van der Waals surface area contributed by atoms with Crippen LogP contribution in [0.15, 0.2) is 23.4 Å². The molecule has 0 N–H and O–H groups in total. The van der Waals surface area contributed by atoms with Gasteiger partial charge in [-0.2, -0.15) is 0 Å². The second-order valence-electron chi connectivity index (χ2n) is 3.91. The Morgan fingerprint density at radius 3 is 2.94 bits per heavy atom. The van der Waals surface area contributed by atoms with Crippen molar-refractivity contribution in [2.45, 2.75) is 25.3 Å². The largest absolute Gasteiger partial charge is 0.465 e. The van der Waals surface area contributed by atoms with Crippen LogP contribution >= 0.6 is 11.8 Å². The van der Waals surface area contributed by atoms with E-state index in [2.05, 4.69) is 23.6 Å². The maximum Gasteiger partial charge on any atom is 0.337 e. The molecule has 88 valence electrons. The van der Waals surface area contributed by atoms with Gasteiger partial charge < -0.3 is 4.74 Å². The van der Waals surface area contributed by atoms with Gasteiger partial charge in [0.2, 0.25) is 0 Å². The number of rotatable bonds is 5. The van der Waals surface area contributed by atoms with E-state index in [0.29, 0.717) is 11.5 Å². The molecule has 0 aliphatic rings. The highest BCUT2D eigenvalue weighted by Crippen LogP contribution is 2.19. The molecule has 0 aliphatic carbocycles. The number of methoxy groups -OCH3 is 1. The predicted octanol–water partition coefficient (Wildman–Crippen LogP) is 3.01. The first-order valence-corrected chi connectivity index (χ1v) is 6.29.